The third-order valence-electron chi connectivity index (χ3n) is 3.07. The van der Waals surface area contributed by atoms with Crippen LogP contribution in [-0.4, -0.2) is 21.0 Å². The van der Waals surface area contributed by atoms with Crippen LogP contribution in [0.2, 0.25) is 0 Å². The van der Waals surface area contributed by atoms with Crippen LogP contribution in [0.15, 0.2) is 29.4 Å². The van der Waals surface area contributed by atoms with Gasteiger partial charge in [-0.2, -0.15) is 0 Å². The Morgan fingerprint density at radius 1 is 1.41 bits per heavy atom. The van der Waals surface area contributed by atoms with Gasteiger partial charge in [0.05, 0.1) is 6.04 Å². The van der Waals surface area contributed by atoms with E-state index in [4.69, 9.17) is 0 Å². The van der Waals surface area contributed by atoms with E-state index in [1.165, 1.54) is 17.8 Å². The number of aromatic nitrogens is 3. The molecule has 88 valence electrons. The average molecular weight is 249 g/mol. The highest BCUT2D eigenvalue weighted by molar-refractivity contribution is 7.98. The highest BCUT2D eigenvalue weighted by atomic mass is 32.2. The minimum Gasteiger partial charge on any atom is -0.241 e. The van der Waals surface area contributed by atoms with Crippen LogP contribution in [-0.2, 0) is 6.42 Å². The second-order valence-corrected chi connectivity index (χ2v) is 4.81. The molecule has 0 aliphatic carbocycles. The molecule has 1 aromatic heterocycles. The molecule has 2 aromatic rings. The summed E-state index contributed by atoms with van der Waals surface area (Å²) >= 11 is 1.52. The van der Waals surface area contributed by atoms with Crippen molar-refractivity contribution in [2.24, 2.45) is 0 Å². The standard InChI is InChI=1S/C12H12FN3S/c1-17-12-14-11-7-6-10(16(11)15-12)8-4-2-3-5-9(8)13/h2-5,10H,6-7H2,1H3. The zero-order valence-electron chi connectivity index (χ0n) is 9.43. The molecule has 0 saturated heterocycles. The van der Waals surface area contributed by atoms with Crippen molar-refractivity contribution in [2.45, 2.75) is 24.0 Å². The number of nitrogens with zero attached hydrogens (tertiary/aromatic N) is 3. The fourth-order valence-electron chi connectivity index (χ4n) is 2.26. The molecule has 3 rings (SSSR count). The van der Waals surface area contributed by atoms with Crippen LogP contribution in [0.5, 0.6) is 0 Å². The van der Waals surface area contributed by atoms with E-state index in [1.807, 2.05) is 23.1 Å². The molecule has 0 saturated carbocycles. The van der Waals surface area contributed by atoms with Crippen LogP contribution < -0.4 is 0 Å². The number of thioether (sulfide) groups is 1. The van der Waals surface area contributed by atoms with Gasteiger partial charge in [0.15, 0.2) is 0 Å². The van der Waals surface area contributed by atoms with Crippen molar-refractivity contribution >= 4 is 11.8 Å². The topological polar surface area (TPSA) is 30.7 Å². The molecule has 1 unspecified atom stereocenters. The van der Waals surface area contributed by atoms with E-state index in [-0.39, 0.29) is 11.9 Å². The van der Waals surface area contributed by atoms with Gasteiger partial charge in [-0.15, -0.1) is 5.10 Å². The quantitative estimate of drug-likeness (QED) is 0.767. The van der Waals surface area contributed by atoms with Crippen LogP contribution in [0.3, 0.4) is 0 Å². The first-order valence-electron chi connectivity index (χ1n) is 5.53. The third-order valence-corrected chi connectivity index (χ3v) is 3.60. The molecule has 0 amide bonds. The van der Waals surface area contributed by atoms with Crippen LogP contribution in [0.1, 0.15) is 23.9 Å². The summed E-state index contributed by atoms with van der Waals surface area (Å²) in [5, 5.41) is 5.17. The van der Waals surface area contributed by atoms with Gasteiger partial charge in [0, 0.05) is 12.0 Å². The Balaban J connectivity index is 2.03. The predicted molar refractivity (Wildman–Crippen MR) is 64.7 cm³/mol. The molecule has 5 heteroatoms. The lowest BCUT2D eigenvalue weighted by Gasteiger charge is -2.12. The Hall–Kier alpha value is -1.36. The number of aryl methyl sites for hydroxylation is 1. The Morgan fingerprint density at radius 2 is 2.24 bits per heavy atom. The molecule has 0 bridgehead atoms. The maximum absolute atomic E-state index is 13.8. The molecule has 0 fully saturated rings. The number of hydrogen-bond acceptors (Lipinski definition) is 3. The van der Waals surface area contributed by atoms with E-state index in [9.17, 15) is 4.39 Å². The van der Waals surface area contributed by atoms with Gasteiger partial charge in [-0.05, 0) is 18.7 Å². The number of rotatable bonds is 2. The molecule has 1 aromatic carbocycles. The molecule has 0 N–H and O–H groups in total. The van der Waals surface area contributed by atoms with Crippen molar-refractivity contribution < 1.29 is 4.39 Å². The van der Waals surface area contributed by atoms with Crippen LogP contribution in [0.25, 0.3) is 0 Å². The van der Waals surface area contributed by atoms with Gasteiger partial charge in [-0.3, -0.25) is 0 Å². The molecule has 0 radical (unpaired) electrons. The first-order chi connectivity index (χ1) is 8.29. The maximum Gasteiger partial charge on any atom is 0.208 e. The van der Waals surface area contributed by atoms with Crippen molar-refractivity contribution in [1.29, 1.82) is 0 Å². The lowest BCUT2D eigenvalue weighted by atomic mass is 10.0. The molecule has 2 heterocycles. The van der Waals surface area contributed by atoms with E-state index in [2.05, 4.69) is 10.1 Å². The van der Waals surface area contributed by atoms with Gasteiger partial charge in [-0.25, -0.2) is 14.1 Å². The molecular weight excluding hydrogens is 237 g/mol. The molecular formula is C12H12FN3S. The fraction of sp³-hybridized carbons (Fsp3) is 0.333. The Bertz CT molecular complexity index is 552. The molecule has 0 spiro atoms. The highest BCUT2D eigenvalue weighted by Gasteiger charge is 2.28. The number of fused-ring (bicyclic) bond motifs is 1. The second kappa shape index (κ2) is 4.14. The number of benzene rings is 1. The molecule has 17 heavy (non-hydrogen) atoms. The van der Waals surface area contributed by atoms with Crippen LogP contribution in [0.4, 0.5) is 4.39 Å². The number of hydrogen-bond donors (Lipinski definition) is 0. The Kier molecular flexibility index (Phi) is 2.63. The molecule has 1 aliphatic heterocycles. The summed E-state index contributed by atoms with van der Waals surface area (Å²) in [7, 11) is 0. The third kappa shape index (κ3) is 1.74. The van der Waals surface area contributed by atoms with Crippen molar-refractivity contribution in [3.63, 3.8) is 0 Å². The summed E-state index contributed by atoms with van der Waals surface area (Å²) in [6.45, 7) is 0. The zero-order chi connectivity index (χ0) is 11.8. The van der Waals surface area contributed by atoms with Gasteiger partial charge < -0.3 is 0 Å². The SMILES string of the molecule is CSc1nc2n(n1)C(c1ccccc1F)CC2. The maximum atomic E-state index is 13.8. The fourth-order valence-corrected chi connectivity index (χ4v) is 2.63. The van der Waals surface area contributed by atoms with E-state index in [1.54, 1.807) is 6.07 Å². The van der Waals surface area contributed by atoms with Crippen molar-refractivity contribution in [2.75, 3.05) is 6.26 Å². The lowest BCUT2D eigenvalue weighted by Crippen LogP contribution is -2.09. The van der Waals surface area contributed by atoms with E-state index < -0.39 is 0 Å². The lowest BCUT2D eigenvalue weighted by molar-refractivity contribution is 0.506. The molecule has 1 aliphatic rings. The zero-order valence-corrected chi connectivity index (χ0v) is 10.2. The van der Waals surface area contributed by atoms with Crippen LogP contribution in [0, 0.1) is 5.82 Å². The summed E-state index contributed by atoms with van der Waals surface area (Å²) in [5.41, 5.74) is 0.712. The highest BCUT2D eigenvalue weighted by Crippen LogP contribution is 2.32. The van der Waals surface area contributed by atoms with Gasteiger partial charge in [0.2, 0.25) is 5.16 Å². The summed E-state index contributed by atoms with van der Waals surface area (Å²) in [5.74, 6) is 0.800. The monoisotopic (exact) mass is 249 g/mol. The van der Waals surface area contributed by atoms with Crippen molar-refractivity contribution in [3.8, 4) is 0 Å². The predicted octanol–water partition coefficient (Wildman–Crippen LogP) is 2.67. The van der Waals surface area contributed by atoms with E-state index in [0.29, 0.717) is 5.56 Å². The average Bonchev–Trinajstić information content (AvgIpc) is 2.89. The summed E-state index contributed by atoms with van der Waals surface area (Å²) < 4.78 is 15.6. The molecule has 1 atom stereocenters. The van der Waals surface area contributed by atoms with Gasteiger partial charge in [-0.1, -0.05) is 30.0 Å². The van der Waals surface area contributed by atoms with Gasteiger partial charge in [0.1, 0.15) is 11.6 Å². The number of halogens is 1. The second-order valence-electron chi connectivity index (χ2n) is 4.04. The largest absolute Gasteiger partial charge is 0.241 e. The Morgan fingerprint density at radius 3 is 3.00 bits per heavy atom. The summed E-state index contributed by atoms with van der Waals surface area (Å²) in [4.78, 5) is 4.41. The normalized spacial score (nSPS) is 18.4. The first kappa shape index (κ1) is 10.8. The van der Waals surface area contributed by atoms with Gasteiger partial charge >= 0.3 is 0 Å². The summed E-state index contributed by atoms with van der Waals surface area (Å²) in [6.07, 6.45) is 3.70. The Labute approximate surface area is 103 Å². The van der Waals surface area contributed by atoms with E-state index >= 15 is 0 Å². The van der Waals surface area contributed by atoms with Crippen molar-refractivity contribution in [1.82, 2.24) is 14.8 Å². The van der Waals surface area contributed by atoms with Gasteiger partial charge in [0.25, 0.3) is 0 Å². The smallest absolute Gasteiger partial charge is 0.208 e. The molecule has 3 nitrogen and oxygen atoms in total. The minimum atomic E-state index is -0.161. The van der Waals surface area contributed by atoms with Crippen molar-refractivity contribution in [3.05, 3.63) is 41.5 Å². The van der Waals surface area contributed by atoms with Crippen LogP contribution >= 0.6 is 11.8 Å². The van der Waals surface area contributed by atoms with E-state index in [0.717, 1.165) is 23.8 Å². The summed E-state index contributed by atoms with van der Waals surface area (Å²) in [6, 6.07) is 6.90. The first-order valence-corrected chi connectivity index (χ1v) is 6.76. The minimum absolute atomic E-state index is 0.000370.